The number of amides is 3. The van der Waals surface area contributed by atoms with Gasteiger partial charge in [0.25, 0.3) is 0 Å². The highest BCUT2D eigenvalue weighted by atomic mass is 16.6. The first-order chi connectivity index (χ1) is 17.1. The van der Waals surface area contributed by atoms with E-state index in [2.05, 4.69) is 11.4 Å². The lowest BCUT2D eigenvalue weighted by Gasteiger charge is -2.32. The van der Waals surface area contributed by atoms with Crippen molar-refractivity contribution in [1.29, 1.82) is 5.26 Å². The third-order valence-corrected chi connectivity index (χ3v) is 6.27. The number of hydrogen-bond donors (Lipinski definition) is 1. The summed E-state index contributed by atoms with van der Waals surface area (Å²) in [5, 5.41) is 12.5. The fourth-order valence-corrected chi connectivity index (χ4v) is 4.41. The maximum Gasteiger partial charge on any atom is 0.418 e. The van der Waals surface area contributed by atoms with E-state index in [0.717, 1.165) is 55.2 Å². The number of aryl methyl sites for hydroxylation is 1. The molecule has 8 nitrogen and oxygen atoms in total. The Hall–Kier alpha value is -3.60. The monoisotopic (exact) mass is 492 g/mol. The van der Waals surface area contributed by atoms with Gasteiger partial charge in [-0.05, 0) is 56.4 Å². The summed E-state index contributed by atoms with van der Waals surface area (Å²) in [7, 11) is 1.70. The summed E-state index contributed by atoms with van der Waals surface area (Å²) in [6.45, 7) is 5.31. The molecule has 3 amide bonds. The average Bonchev–Trinajstić information content (AvgIpc) is 3.09. The van der Waals surface area contributed by atoms with E-state index in [1.807, 2.05) is 24.3 Å². The fraction of sp³-hybridized carbons (Fsp3) is 0.500. The maximum atomic E-state index is 13.3. The third-order valence-electron chi connectivity index (χ3n) is 6.27. The average molecular weight is 493 g/mol. The molecule has 0 saturated heterocycles. The van der Waals surface area contributed by atoms with Crippen LogP contribution in [0, 0.1) is 11.3 Å². The van der Waals surface area contributed by atoms with Crippen LogP contribution in [0.2, 0.25) is 0 Å². The zero-order chi connectivity index (χ0) is 26.3. The molecule has 1 N–H and O–H groups in total. The Bertz CT molecular complexity index is 1150. The van der Waals surface area contributed by atoms with Gasteiger partial charge in [0, 0.05) is 31.8 Å². The minimum atomic E-state index is -0.809. The second-order valence-corrected chi connectivity index (χ2v) is 10.4. The molecule has 1 aromatic carbocycles. The van der Waals surface area contributed by atoms with E-state index in [4.69, 9.17) is 4.74 Å². The molecular weight excluding hydrogens is 456 g/mol. The molecule has 1 aliphatic carbocycles. The lowest BCUT2D eigenvalue weighted by Crippen LogP contribution is -2.53. The van der Waals surface area contributed by atoms with Gasteiger partial charge in [-0.2, -0.15) is 5.26 Å². The molecule has 1 heterocycles. The van der Waals surface area contributed by atoms with Crippen molar-refractivity contribution < 1.29 is 14.3 Å². The predicted molar refractivity (Wildman–Crippen MR) is 138 cm³/mol. The Morgan fingerprint density at radius 2 is 1.69 bits per heavy atom. The van der Waals surface area contributed by atoms with E-state index in [-0.39, 0.29) is 11.6 Å². The van der Waals surface area contributed by atoms with Crippen molar-refractivity contribution in [3.8, 4) is 17.2 Å². The summed E-state index contributed by atoms with van der Waals surface area (Å²) in [5.41, 5.74) is 1.91. The van der Waals surface area contributed by atoms with Crippen molar-refractivity contribution in [2.24, 2.45) is 7.05 Å². The number of benzene rings is 1. The summed E-state index contributed by atoms with van der Waals surface area (Å²) in [6, 6.07) is 11.4. The molecule has 1 aliphatic rings. The molecule has 2 aromatic rings. The first-order valence-electron chi connectivity index (χ1n) is 12.6. The van der Waals surface area contributed by atoms with Crippen LogP contribution in [0.3, 0.4) is 0 Å². The zero-order valence-corrected chi connectivity index (χ0v) is 21.6. The van der Waals surface area contributed by atoms with E-state index in [0.29, 0.717) is 6.42 Å². The number of nitrogens with zero attached hydrogens (tertiary/aromatic N) is 3. The first-order valence-corrected chi connectivity index (χ1v) is 12.6. The molecule has 0 unspecified atom stereocenters. The Balaban J connectivity index is 1.72. The van der Waals surface area contributed by atoms with Gasteiger partial charge in [0.2, 0.25) is 5.56 Å². The number of pyridine rings is 1. The van der Waals surface area contributed by atoms with E-state index in [1.54, 1.807) is 40.1 Å². The molecule has 0 radical (unpaired) electrons. The van der Waals surface area contributed by atoms with Crippen LogP contribution in [0.4, 0.5) is 9.59 Å². The van der Waals surface area contributed by atoms with Gasteiger partial charge >= 0.3 is 12.1 Å². The molecule has 1 atom stereocenters. The van der Waals surface area contributed by atoms with Crippen LogP contribution in [0.5, 0.6) is 0 Å². The standard InChI is InChI=1S/C28H36N4O4/c1-28(2,3)36-27(35)32(24-9-7-5-6-8-10-24)26(34)30-23(18-29)17-20-11-13-21(14-12-20)22-15-16-25(33)31(4)19-22/h11-16,19,23-24H,5-10,17H2,1-4H3,(H,30,34)/t23-/m0/s1. The molecule has 3 rings (SSSR count). The van der Waals surface area contributed by atoms with Gasteiger partial charge in [0.15, 0.2) is 0 Å². The number of nitriles is 1. The predicted octanol–water partition coefficient (Wildman–Crippen LogP) is 5.16. The van der Waals surface area contributed by atoms with Crippen LogP contribution in [0.15, 0.2) is 47.4 Å². The first kappa shape index (κ1) is 27.0. The molecular formula is C28H36N4O4. The Kier molecular flexibility index (Phi) is 8.92. The van der Waals surface area contributed by atoms with Crippen molar-refractivity contribution in [3.05, 3.63) is 58.5 Å². The summed E-state index contributed by atoms with van der Waals surface area (Å²) in [4.78, 5) is 39.1. The maximum absolute atomic E-state index is 13.3. The summed E-state index contributed by atoms with van der Waals surface area (Å²) in [6.07, 6.45) is 6.91. The molecule has 0 spiro atoms. The normalized spacial score (nSPS) is 15.3. The van der Waals surface area contributed by atoms with Crippen LogP contribution >= 0.6 is 0 Å². The number of nitrogens with one attached hydrogen (secondary N) is 1. The number of carbonyl (C=O) groups is 2. The number of carbonyl (C=O) groups excluding carboxylic acids is 2. The SMILES string of the molecule is Cn1cc(-c2ccc(C[C@@H](C#N)NC(=O)N(C(=O)OC(C)(C)C)C3CCCCCC3)cc2)ccc1=O. The van der Waals surface area contributed by atoms with Gasteiger partial charge in [-0.3, -0.25) is 4.79 Å². The van der Waals surface area contributed by atoms with Crippen molar-refractivity contribution in [3.63, 3.8) is 0 Å². The van der Waals surface area contributed by atoms with Crippen LogP contribution in [0.25, 0.3) is 11.1 Å². The van der Waals surface area contributed by atoms with Crippen molar-refractivity contribution in [1.82, 2.24) is 14.8 Å². The number of urea groups is 1. The smallest absolute Gasteiger partial charge is 0.418 e. The zero-order valence-electron chi connectivity index (χ0n) is 21.6. The summed E-state index contributed by atoms with van der Waals surface area (Å²) in [5.74, 6) is 0. The highest BCUT2D eigenvalue weighted by molar-refractivity contribution is 5.91. The van der Waals surface area contributed by atoms with Crippen LogP contribution < -0.4 is 10.9 Å². The van der Waals surface area contributed by atoms with Gasteiger partial charge in [-0.1, -0.05) is 49.9 Å². The van der Waals surface area contributed by atoms with E-state index >= 15 is 0 Å². The number of imide groups is 1. The lowest BCUT2D eigenvalue weighted by atomic mass is 10.0. The van der Waals surface area contributed by atoms with Crippen LogP contribution in [-0.2, 0) is 18.2 Å². The summed E-state index contributed by atoms with van der Waals surface area (Å²) < 4.78 is 7.06. The lowest BCUT2D eigenvalue weighted by molar-refractivity contribution is 0.0238. The second-order valence-electron chi connectivity index (χ2n) is 10.4. The quantitative estimate of drug-likeness (QED) is 0.581. The second kappa shape index (κ2) is 11.9. The topological polar surface area (TPSA) is 104 Å². The van der Waals surface area contributed by atoms with Crippen LogP contribution in [0.1, 0.15) is 64.9 Å². The molecule has 0 aliphatic heterocycles. The van der Waals surface area contributed by atoms with Gasteiger partial charge in [0.05, 0.1) is 6.07 Å². The van der Waals surface area contributed by atoms with Crippen LogP contribution in [-0.4, -0.2) is 39.3 Å². The Morgan fingerprint density at radius 1 is 1.08 bits per heavy atom. The highest BCUT2D eigenvalue weighted by Crippen LogP contribution is 2.24. The minimum absolute atomic E-state index is 0.0766. The Labute approximate surface area is 212 Å². The Morgan fingerprint density at radius 3 is 2.25 bits per heavy atom. The number of rotatable bonds is 5. The largest absolute Gasteiger partial charge is 0.443 e. The molecule has 0 bridgehead atoms. The van der Waals surface area contributed by atoms with Gasteiger partial charge in [0.1, 0.15) is 11.6 Å². The molecule has 1 saturated carbocycles. The van der Waals surface area contributed by atoms with Crippen molar-refractivity contribution in [2.75, 3.05) is 0 Å². The highest BCUT2D eigenvalue weighted by Gasteiger charge is 2.34. The third kappa shape index (κ3) is 7.45. The fourth-order valence-electron chi connectivity index (χ4n) is 4.41. The molecule has 1 aromatic heterocycles. The van der Waals surface area contributed by atoms with Gasteiger partial charge in [-0.25, -0.2) is 14.5 Å². The van der Waals surface area contributed by atoms with E-state index in [1.165, 1.54) is 15.5 Å². The molecule has 8 heteroatoms. The summed E-state index contributed by atoms with van der Waals surface area (Å²) >= 11 is 0. The number of aromatic nitrogens is 1. The van der Waals surface area contributed by atoms with Gasteiger partial charge in [-0.15, -0.1) is 0 Å². The minimum Gasteiger partial charge on any atom is -0.443 e. The van der Waals surface area contributed by atoms with E-state index in [9.17, 15) is 19.6 Å². The van der Waals surface area contributed by atoms with Crippen molar-refractivity contribution >= 4 is 12.1 Å². The molecule has 192 valence electrons. The number of ether oxygens (including phenoxy) is 1. The number of hydrogen-bond acceptors (Lipinski definition) is 5. The molecule has 1 fully saturated rings. The molecule has 36 heavy (non-hydrogen) atoms. The van der Waals surface area contributed by atoms with Gasteiger partial charge < -0.3 is 14.6 Å². The van der Waals surface area contributed by atoms with E-state index < -0.39 is 23.8 Å². The van der Waals surface area contributed by atoms with Crippen molar-refractivity contribution in [2.45, 2.75) is 83.4 Å².